The number of rotatable bonds is 6. The van der Waals surface area contributed by atoms with Crippen molar-refractivity contribution < 1.29 is 14.2 Å². The standard InChI is InChI=1S/C19H30N2O3/c1-19(2)23-13-16(24-19)11-17-14(5-4-6-18(17)22-3)12-21-15-7-9-20-10-8-15/h4-6,15-16,20-21H,7-13H2,1-3H3. The lowest BCUT2D eigenvalue weighted by atomic mass is 9.99. The van der Waals surface area contributed by atoms with Gasteiger partial charge in [0.25, 0.3) is 0 Å². The molecule has 2 aliphatic heterocycles. The molecule has 5 heteroatoms. The molecule has 24 heavy (non-hydrogen) atoms. The van der Waals surface area contributed by atoms with Crippen LogP contribution in [0.1, 0.15) is 37.8 Å². The second-order valence-electron chi connectivity index (χ2n) is 7.16. The van der Waals surface area contributed by atoms with Crippen LogP contribution in [0.3, 0.4) is 0 Å². The minimum Gasteiger partial charge on any atom is -0.496 e. The van der Waals surface area contributed by atoms with Crippen molar-refractivity contribution in [3.05, 3.63) is 29.3 Å². The highest BCUT2D eigenvalue weighted by Gasteiger charge is 2.33. The molecule has 3 rings (SSSR count). The van der Waals surface area contributed by atoms with Crippen molar-refractivity contribution in [3.8, 4) is 5.75 Å². The molecule has 0 aliphatic carbocycles. The van der Waals surface area contributed by atoms with Crippen LogP contribution in [0, 0.1) is 0 Å². The van der Waals surface area contributed by atoms with Crippen molar-refractivity contribution in [1.29, 1.82) is 0 Å². The summed E-state index contributed by atoms with van der Waals surface area (Å²) in [4.78, 5) is 0. The minimum absolute atomic E-state index is 0.0777. The Kier molecular flexibility index (Phi) is 5.76. The van der Waals surface area contributed by atoms with Crippen molar-refractivity contribution in [2.24, 2.45) is 0 Å². The van der Waals surface area contributed by atoms with Crippen LogP contribution in [0.4, 0.5) is 0 Å². The molecule has 0 aromatic heterocycles. The molecule has 0 spiro atoms. The average Bonchev–Trinajstić information content (AvgIpc) is 2.93. The third-order valence-corrected chi connectivity index (χ3v) is 4.87. The van der Waals surface area contributed by atoms with Crippen LogP contribution in [-0.2, 0) is 22.4 Å². The van der Waals surface area contributed by atoms with Gasteiger partial charge in [-0.2, -0.15) is 0 Å². The fraction of sp³-hybridized carbons (Fsp3) is 0.684. The lowest BCUT2D eigenvalue weighted by Gasteiger charge is -2.25. The molecular formula is C19H30N2O3. The summed E-state index contributed by atoms with van der Waals surface area (Å²) in [6, 6.07) is 6.88. The monoisotopic (exact) mass is 334 g/mol. The summed E-state index contributed by atoms with van der Waals surface area (Å²) in [5.74, 6) is 0.452. The quantitative estimate of drug-likeness (QED) is 0.835. The number of hydrogen-bond acceptors (Lipinski definition) is 5. The summed E-state index contributed by atoms with van der Waals surface area (Å²) >= 11 is 0. The first kappa shape index (κ1) is 17.7. The molecule has 2 saturated heterocycles. The highest BCUT2D eigenvalue weighted by Crippen LogP contribution is 2.29. The summed E-state index contributed by atoms with van der Waals surface area (Å²) in [7, 11) is 1.73. The largest absolute Gasteiger partial charge is 0.496 e. The Hall–Kier alpha value is -1.14. The number of piperidine rings is 1. The van der Waals surface area contributed by atoms with E-state index >= 15 is 0 Å². The van der Waals surface area contributed by atoms with Crippen LogP contribution in [-0.4, -0.2) is 44.7 Å². The summed E-state index contributed by atoms with van der Waals surface area (Å²) in [6.07, 6.45) is 3.27. The van der Waals surface area contributed by atoms with Crippen molar-refractivity contribution in [1.82, 2.24) is 10.6 Å². The van der Waals surface area contributed by atoms with E-state index in [9.17, 15) is 0 Å². The smallest absolute Gasteiger partial charge is 0.163 e. The van der Waals surface area contributed by atoms with Gasteiger partial charge in [0.1, 0.15) is 5.75 Å². The molecule has 1 aromatic carbocycles. The fourth-order valence-corrected chi connectivity index (χ4v) is 3.57. The molecule has 0 bridgehead atoms. The Bertz CT molecular complexity index is 541. The maximum absolute atomic E-state index is 6.00. The van der Waals surface area contributed by atoms with E-state index in [0.717, 1.165) is 31.8 Å². The van der Waals surface area contributed by atoms with E-state index in [0.29, 0.717) is 12.6 Å². The SMILES string of the molecule is COc1cccc(CNC2CCNCC2)c1CC1COC(C)(C)O1. The predicted molar refractivity (Wildman–Crippen MR) is 94.3 cm³/mol. The van der Waals surface area contributed by atoms with Crippen molar-refractivity contribution in [2.45, 2.75) is 57.6 Å². The zero-order valence-electron chi connectivity index (χ0n) is 15.1. The Morgan fingerprint density at radius 1 is 1.29 bits per heavy atom. The molecule has 2 aliphatic rings. The van der Waals surface area contributed by atoms with Gasteiger partial charge in [-0.05, 0) is 51.4 Å². The first-order chi connectivity index (χ1) is 11.6. The number of ether oxygens (including phenoxy) is 3. The van der Waals surface area contributed by atoms with Gasteiger partial charge in [0.05, 0.1) is 19.8 Å². The van der Waals surface area contributed by atoms with E-state index < -0.39 is 5.79 Å². The Morgan fingerprint density at radius 2 is 2.08 bits per heavy atom. The lowest BCUT2D eigenvalue weighted by Crippen LogP contribution is -2.39. The maximum atomic E-state index is 6.00. The Balaban J connectivity index is 1.68. The van der Waals surface area contributed by atoms with Gasteiger partial charge in [0, 0.05) is 24.6 Å². The van der Waals surface area contributed by atoms with E-state index in [2.05, 4.69) is 22.8 Å². The number of hydrogen-bond donors (Lipinski definition) is 2. The molecule has 2 heterocycles. The Morgan fingerprint density at radius 3 is 2.75 bits per heavy atom. The van der Waals surface area contributed by atoms with E-state index in [1.165, 1.54) is 24.0 Å². The van der Waals surface area contributed by atoms with Crippen LogP contribution in [0.2, 0.25) is 0 Å². The van der Waals surface area contributed by atoms with Gasteiger partial charge in [-0.3, -0.25) is 0 Å². The molecule has 2 fully saturated rings. The molecule has 1 atom stereocenters. The normalized spacial score (nSPS) is 24.2. The second-order valence-corrected chi connectivity index (χ2v) is 7.16. The van der Waals surface area contributed by atoms with Crippen molar-refractivity contribution in [3.63, 3.8) is 0 Å². The summed E-state index contributed by atoms with van der Waals surface area (Å²) in [6.45, 7) is 7.64. The van der Waals surface area contributed by atoms with Crippen LogP contribution in [0.5, 0.6) is 5.75 Å². The zero-order chi connectivity index (χ0) is 17.0. The van der Waals surface area contributed by atoms with Gasteiger partial charge >= 0.3 is 0 Å². The number of nitrogens with one attached hydrogen (secondary N) is 2. The van der Waals surface area contributed by atoms with E-state index in [4.69, 9.17) is 14.2 Å². The highest BCUT2D eigenvalue weighted by molar-refractivity contribution is 5.41. The molecule has 0 saturated carbocycles. The summed E-state index contributed by atoms with van der Waals surface area (Å²) < 4.78 is 17.3. The van der Waals surface area contributed by atoms with Gasteiger partial charge in [-0.1, -0.05) is 12.1 Å². The van der Waals surface area contributed by atoms with Gasteiger partial charge in [0.15, 0.2) is 5.79 Å². The van der Waals surface area contributed by atoms with E-state index in [1.54, 1.807) is 7.11 Å². The Labute approximate surface area is 145 Å². The molecule has 0 amide bonds. The van der Waals surface area contributed by atoms with Crippen molar-refractivity contribution >= 4 is 0 Å². The lowest BCUT2D eigenvalue weighted by molar-refractivity contribution is -0.138. The van der Waals surface area contributed by atoms with Crippen LogP contribution in [0.25, 0.3) is 0 Å². The third kappa shape index (κ3) is 4.48. The van der Waals surface area contributed by atoms with Crippen LogP contribution < -0.4 is 15.4 Å². The molecule has 0 radical (unpaired) electrons. The van der Waals surface area contributed by atoms with Gasteiger partial charge in [-0.15, -0.1) is 0 Å². The molecule has 2 N–H and O–H groups in total. The highest BCUT2D eigenvalue weighted by atomic mass is 16.7. The summed E-state index contributed by atoms with van der Waals surface area (Å²) in [5, 5.41) is 7.11. The van der Waals surface area contributed by atoms with Crippen molar-refractivity contribution in [2.75, 3.05) is 26.8 Å². The molecule has 1 aromatic rings. The van der Waals surface area contributed by atoms with E-state index in [-0.39, 0.29) is 6.10 Å². The first-order valence-corrected chi connectivity index (χ1v) is 8.98. The maximum Gasteiger partial charge on any atom is 0.163 e. The predicted octanol–water partition coefficient (Wildman–Crippen LogP) is 2.23. The fourth-order valence-electron chi connectivity index (χ4n) is 3.57. The average molecular weight is 334 g/mol. The van der Waals surface area contributed by atoms with Gasteiger partial charge < -0.3 is 24.8 Å². The molecule has 5 nitrogen and oxygen atoms in total. The van der Waals surface area contributed by atoms with Crippen LogP contribution >= 0.6 is 0 Å². The van der Waals surface area contributed by atoms with Gasteiger partial charge in [0.2, 0.25) is 0 Å². The number of benzene rings is 1. The van der Waals surface area contributed by atoms with Gasteiger partial charge in [-0.25, -0.2) is 0 Å². The third-order valence-electron chi connectivity index (χ3n) is 4.87. The molecule has 134 valence electrons. The first-order valence-electron chi connectivity index (χ1n) is 8.98. The summed E-state index contributed by atoms with van der Waals surface area (Å²) in [5.41, 5.74) is 2.52. The minimum atomic E-state index is -0.486. The van der Waals surface area contributed by atoms with E-state index in [1.807, 2.05) is 19.9 Å². The topological polar surface area (TPSA) is 51.8 Å². The second kappa shape index (κ2) is 7.83. The molecular weight excluding hydrogens is 304 g/mol. The zero-order valence-corrected chi connectivity index (χ0v) is 15.1. The molecule has 1 unspecified atom stereocenters. The van der Waals surface area contributed by atoms with Crippen LogP contribution in [0.15, 0.2) is 18.2 Å². The number of methoxy groups -OCH3 is 1.